The molecule has 10 N–H and O–H groups in total. The van der Waals surface area contributed by atoms with Crippen molar-refractivity contribution < 1.29 is 60.6 Å². The zero-order valence-electron chi connectivity index (χ0n) is 27.2. The highest BCUT2D eigenvalue weighted by atomic mass is 28.5. The van der Waals surface area contributed by atoms with E-state index in [0.717, 1.165) is 0 Å². The summed E-state index contributed by atoms with van der Waals surface area (Å²) in [4.78, 5) is 0. The minimum atomic E-state index is -3.96. The maximum atomic E-state index is 6.41. The van der Waals surface area contributed by atoms with E-state index in [9.17, 15) is 0 Å². The summed E-state index contributed by atoms with van der Waals surface area (Å²) in [6.45, 7) is 25.0. The van der Waals surface area contributed by atoms with E-state index >= 15 is 0 Å². The molecule has 0 fully saturated rings. The van der Waals surface area contributed by atoms with Gasteiger partial charge in [0.2, 0.25) is 0 Å². The van der Waals surface area contributed by atoms with Crippen LogP contribution in [0.4, 0.5) is 0 Å². The first-order chi connectivity index (χ1) is 18.6. The number of nitrogens with two attached hydrogens (primary N) is 5. The Morgan fingerprint density at radius 3 is 1.14 bits per heavy atom. The van der Waals surface area contributed by atoms with Crippen LogP contribution in [0.25, 0.3) is 0 Å². The molecule has 0 heterocycles. The van der Waals surface area contributed by atoms with Crippen LogP contribution in [0.1, 0.15) is 0 Å². The van der Waals surface area contributed by atoms with Gasteiger partial charge in [0.1, 0.15) is 0 Å². The molecule has 0 aliphatic heterocycles. The van der Waals surface area contributed by atoms with Crippen LogP contribution in [0.2, 0.25) is 91.7 Å². The van der Waals surface area contributed by atoms with Gasteiger partial charge in [-0.25, -0.2) is 34.1 Å². The summed E-state index contributed by atoms with van der Waals surface area (Å²) >= 11 is 0. The first-order valence-electron chi connectivity index (χ1n) is 12.8. The van der Waals surface area contributed by atoms with Gasteiger partial charge in [0.15, 0.2) is 8.32 Å². The maximum absolute atomic E-state index is 6.41. The molecule has 0 rings (SSSR count). The highest BCUT2D eigenvalue weighted by Gasteiger charge is 2.58. The fraction of sp³-hybridized carbons (Fsp3) is 1.00. The molecule has 0 saturated carbocycles. The summed E-state index contributed by atoms with van der Waals surface area (Å²) in [5, 5.41) is 0. The van der Waals surface area contributed by atoms with Crippen molar-refractivity contribution in [1.82, 2.24) is 0 Å². The zero-order chi connectivity index (χ0) is 33.5. The van der Waals surface area contributed by atoms with Crippen LogP contribution in [0.3, 0.4) is 0 Å². The molecular formula is C14H53N5O14Si9. The Kier molecular flexibility index (Phi) is 16.8. The molecule has 0 bridgehead atoms. The monoisotopic (exact) mass is 767 g/mol. The molecular weight excluding hydrogens is 715 g/mol. The quantitative estimate of drug-likeness (QED) is 0.0573. The third-order valence-corrected chi connectivity index (χ3v) is 31.8. The Hall–Kier alpha value is 1.19. The predicted octanol–water partition coefficient (Wildman–Crippen LogP) is 0.568. The molecule has 0 aromatic heterocycles. The Bertz CT molecular complexity index is 841. The average molecular weight is 768 g/mol. The highest BCUT2D eigenvalue weighted by Crippen LogP contribution is 2.28. The van der Waals surface area contributed by atoms with Crippen molar-refractivity contribution in [2.45, 2.75) is 91.7 Å². The van der Waals surface area contributed by atoms with E-state index in [1.165, 1.54) is 26.2 Å². The van der Waals surface area contributed by atoms with Crippen LogP contribution in [0, 0.1) is 0 Å². The molecule has 28 heteroatoms. The van der Waals surface area contributed by atoms with Gasteiger partial charge in [-0.2, -0.15) is 0 Å². The molecule has 0 spiro atoms. The fourth-order valence-corrected chi connectivity index (χ4v) is 35.7. The summed E-state index contributed by atoms with van der Waals surface area (Å²) in [6.07, 6.45) is 0. The molecule has 5 atom stereocenters. The SMILES string of the molecule is C[SiH](ON)O[Si](C)(ON)O[Si](C)(ON)O[Si](C)(ON)O[Si](C)(ON)OO[Si](C)(C)O[Si](C)(C)O[Si](C)(C)O[Si](C)(C)C. The number of hydrogen-bond donors (Lipinski definition) is 5. The largest absolute Gasteiger partial charge is 0.534 e. The van der Waals surface area contributed by atoms with Crippen LogP contribution in [0.15, 0.2) is 0 Å². The lowest BCUT2D eigenvalue weighted by atomic mass is 11.8. The minimum absolute atomic E-state index is 1.41. The van der Waals surface area contributed by atoms with Crippen LogP contribution >= 0.6 is 0 Å². The Morgan fingerprint density at radius 1 is 0.405 bits per heavy atom. The Balaban J connectivity index is 5.68. The average Bonchev–Trinajstić information content (AvgIpc) is 2.79. The molecule has 0 saturated heterocycles. The first kappa shape index (κ1) is 43.2. The van der Waals surface area contributed by atoms with Gasteiger partial charge in [-0.3, -0.25) is 22.7 Å². The third kappa shape index (κ3) is 16.7. The molecule has 0 aliphatic rings. The van der Waals surface area contributed by atoms with Gasteiger partial charge < -0.3 is 33.3 Å². The van der Waals surface area contributed by atoms with Crippen molar-refractivity contribution >= 4 is 78.5 Å². The maximum Gasteiger partial charge on any atom is 0.534 e. The van der Waals surface area contributed by atoms with Crippen molar-refractivity contribution in [3.05, 3.63) is 0 Å². The molecule has 0 radical (unpaired) electrons. The number of hydrogen-bond acceptors (Lipinski definition) is 19. The summed E-state index contributed by atoms with van der Waals surface area (Å²) in [6, 6.07) is 0. The second-order valence-electron chi connectivity index (χ2n) is 11.8. The lowest BCUT2D eigenvalue weighted by Crippen LogP contribution is -2.66. The summed E-state index contributed by atoms with van der Waals surface area (Å²) in [5.74, 6) is 27.3. The van der Waals surface area contributed by atoms with E-state index < -0.39 is 78.5 Å². The van der Waals surface area contributed by atoms with E-state index in [-0.39, 0.29) is 0 Å². The van der Waals surface area contributed by atoms with Crippen molar-refractivity contribution in [1.29, 1.82) is 0 Å². The molecule has 0 aliphatic carbocycles. The Labute approximate surface area is 259 Å². The van der Waals surface area contributed by atoms with Crippen molar-refractivity contribution in [2.24, 2.45) is 29.5 Å². The molecule has 0 aromatic rings. The zero-order valence-corrected chi connectivity index (χ0v) is 36.3. The molecule has 0 amide bonds. The third-order valence-electron chi connectivity index (χ3n) is 4.47. The van der Waals surface area contributed by atoms with Crippen LogP contribution < -0.4 is 29.5 Å². The first-order valence-corrected chi connectivity index (χ1v) is 35.6. The molecule has 19 nitrogen and oxygen atoms in total. The summed E-state index contributed by atoms with van der Waals surface area (Å²) in [7, 11) is -27.8. The minimum Gasteiger partial charge on any atom is -0.437 e. The van der Waals surface area contributed by atoms with Crippen LogP contribution in [-0.2, 0) is 60.6 Å². The summed E-state index contributed by atoms with van der Waals surface area (Å²) < 4.78 is 78.8. The van der Waals surface area contributed by atoms with Crippen molar-refractivity contribution in [3.63, 3.8) is 0 Å². The lowest BCUT2D eigenvalue weighted by Gasteiger charge is -2.40. The van der Waals surface area contributed by atoms with Gasteiger partial charge in [-0.05, 0) is 65.5 Å². The van der Waals surface area contributed by atoms with Gasteiger partial charge in [-0.15, -0.1) is 0 Å². The normalized spacial score (nSPS) is 20.4. The van der Waals surface area contributed by atoms with E-state index in [2.05, 4.69) is 19.6 Å². The van der Waals surface area contributed by atoms with Gasteiger partial charge >= 0.3 is 70.2 Å². The Morgan fingerprint density at radius 2 is 0.762 bits per heavy atom. The lowest BCUT2D eigenvalue weighted by molar-refractivity contribution is -0.180. The van der Waals surface area contributed by atoms with Crippen LogP contribution in [0.5, 0.6) is 0 Å². The molecule has 0 aromatic carbocycles. The molecule has 254 valence electrons. The summed E-state index contributed by atoms with van der Waals surface area (Å²) in [5.41, 5.74) is 0. The van der Waals surface area contributed by atoms with Crippen molar-refractivity contribution in [3.8, 4) is 0 Å². The smallest absolute Gasteiger partial charge is 0.437 e. The number of rotatable bonds is 22. The van der Waals surface area contributed by atoms with E-state index in [0.29, 0.717) is 0 Å². The second-order valence-corrected chi connectivity index (χ2v) is 39.9. The van der Waals surface area contributed by atoms with E-state index in [1.54, 1.807) is 19.6 Å². The second kappa shape index (κ2) is 16.3. The van der Waals surface area contributed by atoms with E-state index in [4.69, 9.17) is 90.1 Å². The van der Waals surface area contributed by atoms with Gasteiger partial charge in [-0.1, -0.05) is 0 Å². The van der Waals surface area contributed by atoms with E-state index in [1.807, 2.05) is 26.2 Å². The molecule has 42 heavy (non-hydrogen) atoms. The molecule has 5 unspecified atom stereocenters. The van der Waals surface area contributed by atoms with Gasteiger partial charge in [0.05, 0.1) is 0 Å². The fourth-order valence-electron chi connectivity index (χ4n) is 3.77. The standard InChI is InChI=1S/C14H53N5O14Si9/c1-34(20-15)27-40(12,22-17)32-42(14,24-19)33-41(13,23-18)31-39(11,21-16)26-25-36(5,6)29-38(9,10)30-37(7,8)28-35(2,3)4/h34H,15-19H2,1-14H3. The van der Waals surface area contributed by atoms with Gasteiger partial charge in [0, 0.05) is 26.2 Å². The topological polar surface area (TPSA) is 259 Å². The predicted molar refractivity (Wildman–Crippen MR) is 171 cm³/mol. The van der Waals surface area contributed by atoms with Crippen LogP contribution in [-0.4, -0.2) is 78.5 Å². The van der Waals surface area contributed by atoms with Crippen molar-refractivity contribution in [2.75, 3.05) is 0 Å². The van der Waals surface area contributed by atoms with Gasteiger partial charge in [0.25, 0.3) is 0 Å². The highest BCUT2D eigenvalue weighted by molar-refractivity contribution is 6.88.